The molecule has 0 aromatic heterocycles. The van der Waals surface area contributed by atoms with Crippen molar-refractivity contribution in [3.05, 3.63) is 0 Å². The summed E-state index contributed by atoms with van der Waals surface area (Å²) in [5.74, 6) is -7.38. The predicted octanol–water partition coefficient (Wildman–Crippen LogP) is -4.21. The first kappa shape index (κ1) is 24.8. The molecule has 1 unspecified atom stereocenters. The van der Waals surface area contributed by atoms with E-state index in [0.29, 0.717) is 0 Å². The van der Waals surface area contributed by atoms with Crippen molar-refractivity contribution < 1.29 is 59.7 Å². The molecule has 1 saturated heterocycles. The maximum absolute atomic E-state index is 11.1. The van der Waals surface area contributed by atoms with Crippen LogP contribution in [0.1, 0.15) is 20.3 Å². The zero-order chi connectivity index (χ0) is 21.5. The molecule has 0 aromatic carbocycles. The number of hydrogen-bond donors (Lipinski definition) is 8. The molecule has 13 nitrogen and oxygen atoms in total. The van der Waals surface area contributed by atoms with Gasteiger partial charge in [0.25, 0.3) is 5.79 Å². The van der Waals surface area contributed by atoms with Gasteiger partial charge in [-0.25, -0.2) is 9.59 Å². The predicted molar refractivity (Wildman–Crippen MR) is 83.1 cm³/mol. The van der Waals surface area contributed by atoms with E-state index in [2.05, 4.69) is 5.32 Å². The molecule has 1 amide bonds. The Balaban J connectivity index is 0.000000972. The maximum atomic E-state index is 11.1. The molecule has 1 fully saturated rings. The maximum Gasteiger partial charge on any atom is 0.371 e. The average molecular weight is 397 g/mol. The van der Waals surface area contributed by atoms with Gasteiger partial charge < -0.3 is 45.8 Å². The van der Waals surface area contributed by atoms with Crippen LogP contribution in [0.15, 0.2) is 0 Å². The van der Waals surface area contributed by atoms with E-state index in [9.17, 15) is 39.6 Å². The van der Waals surface area contributed by atoms with Gasteiger partial charge in [-0.05, 0) is 0 Å². The van der Waals surface area contributed by atoms with E-state index in [1.165, 1.54) is 0 Å². The third kappa shape index (κ3) is 7.16. The first-order valence-electron chi connectivity index (χ1n) is 7.56. The fraction of sp³-hybridized carbons (Fsp3) is 0.714. The molecule has 0 aromatic rings. The van der Waals surface area contributed by atoms with E-state index in [4.69, 9.17) is 20.1 Å². The van der Waals surface area contributed by atoms with Gasteiger partial charge >= 0.3 is 11.9 Å². The molecule has 1 aliphatic heterocycles. The Hall–Kier alpha value is -2.16. The van der Waals surface area contributed by atoms with Gasteiger partial charge in [0.1, 0.15) is 18.3 Å². The monoisotopic (exact) mass is 397 g/mol. The molecule has 0 saturated carbocycles. The van der Waals surface area contributed by atoms with Crippen molar-refractivity contribution in [2.75, 3.05) is 6.61 Å². The number of aliphatic hydroxyl groups excluding tert-OH is 4. The van der Waals surface area contributed by atoms with Crippen molar-refractivity contribution in [3.8, 4) is 0 Å². The lowest BCUT2D eigenvalue weighted by Crippen LogP contribution is -2.67. The number of carboxylic acid groups (broad SMARTS) is 2. The van der Waals surface area contributed by atoms with Crippen molar-refractivity contribution in [2.24, 2.45) is 0 Å². The number of carbonyl (C=O) groups excluding carboxylic acids is 2. The van der Waals surface area contributed by atoms with Crippen molar-refractivity contribution in [1.29, 1.82) is 0 Å². The second-order valence-electron chi connectivity index (χ2n) is 5.77. The fourth-order valence-corrected chi connectivity index (χ4v) is 2.14. The number of carbonyl (C=O) groups is 4. The summed E-state index contributed by atoms with van der Waals surface area (Å²) in [6, 6.07) is -1.27. The van der Waals surface area contributed by atoms with Crippen LogP contribution in [0.2, 0.25) is 0 Å². The minimum Gasteiger partial charge on any atom is -0.477 e. The second kappa shape index (κ2) is 10.2. The molecule has 1 heterocycles. The topological polar surface area (TPSA) is 231 Å². The quantitative estimate of drug-likeness (QED) is 0.199. The summed E-state index contributed by atoms with van der Waals surface area (Å²) < 4.78 is 4.86. The number of aliphatic carboxylic acids is 2. The summed E-state index contributed by atoms with van der Waals surface area (Å²) >= 11 is 0. The van der Waals surface area contributed by atoms with Crippen LogP contribution in [0.25, 0.3) is 0 Å². The molecule has 0 bridgehead atoms. The molecule has 0 spiro atoms. The lowest BCUT2D eigenvalue weighted by molar-refractivity contribution is -0.295. The molecule has 6 atom stereocenters. The molecular weight excluding hydrogens is 374 g/mol. The van der Waals surface area contributed by atoms with Gasteiger partial charge in [0.15, 0.2) is 0 Å². The Morgan fingerprint density at radius 3 is 2.00 bits per heavy atom. The Labute approximate surface area is 152 Å². The van der Waals surface area contributed by atoms with Crippen LogP contribution in [0, 0.1) is 0 Å². The standard InChI is InChI=1S/C11H19NO9.C3H4O3/c1-4(14)12-7-5(15)2-11(20,10(18)19)21-9(7)8(17)6(16)3-13;1-2(4)3(5)6/h5-9,13,15-17,20H,2-3H2,1H3,(H,12,14)(H,18,19);1H3,(H,5,6)/t5-,6+,7+,8+,9+,11?;/m0./s1. The molecule has 13 heteroatoms. The number of aliphatic hydroxyl groups is 5. The van der Waals surface area contributed by atoms with E-state index in [-0.39, 0.29) is 0 Å². The number of carboxylic acids is 2. The number of rotatable bonds is 6. The average Bonchev–Trinajstić information content (AvgIpc) is 2.55. The van der Waals surface area contributed by atoms with E-state index in [1.807, 2.05) is 0 Å². The highest BCUT2D eigenvalue weighted by molar-refractivity contribution is 6.31. The van der Waals surface area contributed by atoms with Crippen molar-refractivity contribution >= 4 is 23.6 Å². The van der Waals surface area contributed by atoms with Crippen LogP contribution in [-0.2, 0) is 23.9 Å². The molecule has 156 valence electrons. The van der Waals surface area contributed by atoms with Crippen LogP contribution < -0.4 is 5.32 Å². The molecule has 8 N–H and O–H groups in total. The summed E-state index contributed by atoms with van der Waals surface area (Å²) in [5, 5.41) is 66.6. The lowest BCUT2D eigenvalue weighted by Gasteiger charge is -2.44. The third-order valence-electron chi connectivity index (χ3n) is 3.51. The van der Waals surface area contributed by atoms with E-state index >= 15 is 0 Å². The molecule has 1 rings (SSSR count). The highest BCUT2D eigenvalue weighted by Crippen LogP contribution is 2.30. The van der Waals surface area contributed by atoms with E-state index in [0.717, 1.165) is 13.8 Å². The first-order chi connectivity index (χ1) is 12.3. The largest absolute Gasteiger partial charge is 0.477 e. The van der Waals surface area contributed by atoms with E-state index in [1.54, 1.807) is 0 Å². The normalized spacial score (nSPS) is 29.5. The highest BCUT2D eigenvalue weighted by atomic mass is 16.7. The Morgan fingerprint density at radius 1 is 1.19 bits per heavy atom. The molecular formula is C14H23NO12. The minimum atomic E-state index is -2.78. The van der Waals surface area contributed by atoms with Gasteiger partial charge in [0.05, 0.1) is 18.8 Å². The van der Waals surface area contributed by atoms with Gasteiger partial charge in [-0.1, -0.05) is 0 Å². The number of ketones is 1. The Bertz CT molecular complexity index is 554. The fourth-order valence-electron chi connectivity index (χ4n) is 2.14. The number of Topliss-reactive ketones (excluding diaryl/α,β-unsaturated/α-hetero) is 1. The summed E-state index contributed by atoms with van der Waals surface area (Å²) in [5.41, 5.74) is 0. The van der Waals surface area contributed by atoms with Crippen LogP contribution in [0.4, 0.5) is 0 Å². The van der Waals surface area contributed by atoms with Crippen LogP contribution in [-0.4, -0.2) is 102 Å². The van der Waals surface area contributed by atoms with Gasteiger partial charge in [0, 0.05) is 20.3 Å². The van der Waals surface area contributed by atoms with Crippen molar-refractivity contribution in [2.45, 2.75) is 56.5 Å². The zero-order valence-corrected chi connectivity index (χ0v) is 14.5. The molecule has 0 radical (unpaired) electrons. The summed E-state index contributed by atoms with van der Waals surface area (Å²) in [6.07, 6.45) is -7.48. The van der Waals surface area contributed by atoms with Crippen molar-refractivity contribution in [1.82, 2.24) is 5.32 Å². The Kier molecular flexibility index (Phi) is 9.43. The van der Waals surface area contributed by atoms with Gasteiger partial charge in [-0.15, -0.1) is 0 Å². The first-order valence-corrected chi connectivity index (χ1v) is 7.56. The Morgan fingerprint density at radius 2 is 1.67 bits per heavy atom. The van der Waals surface area contributed by atoms with E-state index < -0.39 is 72.9 Å². The number of ether oxygens (including phenoxy) is 1. The number of amides is 1. The third-order valence-corrected chi connectivity index (χ3v) is 3.51. The summed E-state index contributed by atoms with van der Waals surface area (Å²) in [4.78, 5) is 41.0. The zero-order valence-electron chi connectivity index (χ0n) is 14.5. The van der Waals surface area contributed by atoms with Crippen molar-refractivity contribution in [3.63, 3.8) is 0 Å². The highest BCUT2D eigenvalue weighted by Gasteiger charge is 2.53. The van der Waals surface area contributed by atoms with Gasteiger partial charge in [0.2, 0.25) is 11.7 Å². The van der Waals surface area contributed by atoms with Crippen LogP contribution in [0.3, 0.4) is 0 Å². The minimum absolute atomic E-state index is 0.598. The molecule has 0 aliphatic carbocycles. The summed E-state index contributed by atoms with van der Waals surface area (Å²) in [6.45, 7) is 1.26. The smallest absolute Gasteiger partial charge is 0.371 e. The lowest BCUT2D eigenvalue weighted by atomic mass is 9.88. The SMILES string of the molecule is CC(=O)C(=O)O.CC(=O)N[C@H]1[C@H]([C@H](O)[C@H](O)CO)OC(O)(C(=O)O)C[C@@H]1O. The molecule has 27 heavy (non-hydrogen) atoms. The summed E-state index contributed by atoms with van der Waals surface area (Å²) in [7, 11) is 0. The van der Waals surface area contributed by atoms with Crippen LogP contribution in [0.5, 0.6) is 0 Å². The van der Waals surface area contributed by atoms with Gasteiger partial charge in [-0.2, -0.15) is 0 Å². The second-order valence-corrected chi connectivity index (χ2v) is 5.77. The van der Waals surface area contributed by atoms with Crippen LogP contribution >= 0.6 is 0 Å². The number of hydrogen-bond acceptors (Lipinski definition) is 10. The number of nitrogens with one attached hydrogen (secondary N) is 1. The van der Waals surface area contributed by atoms with Gasteiger partial charge in [-0.3, -0.25) is 9.59 Å². The molecule has 1 aliphatic rings.